The zero-order chi connectivity index (χ0) is 14.7. The molecule has 0 aliphatic rings. The molecule has 0 amide bonds. The molecule has 1 rings (SSSR count). The fraction of sp³-hybridized carbons (Fsp3) is 0.455. The molecule has 1 aromatic carbocycles. The largest absolute Gasteiger partial charge is 0.392 e. The van der Waals surface area contributed by atoms with Gasteiger partial charge in [-0.3, -0.25) is 0 Å². The maximum Gasteiger partial charge on any atom is 0.390 e. The summed E-state index contributed by atoms with van der Waals surface area (Å²) in [5.74, 6) is 0. The van der Waals surface area contributed by atoms with Crippen molar-refractivity contribution in [2.24, 2.45) is 0 Å². The molecule has 0 aromatic heterocycles. The van der Waals surface area contributed by atoms with Gasteiger partial charge in [0.25, 0.3) is 0 Å². The fourth-order valence-corrected chi connectivity index (χ4v) is 2.85. The monoisotopic (exact) mass is 297 g/mol. The molecule has 1 atom stereocenters. The van der Waals surface area contributed by atoms with Crippen LogP contribution in [0.3, 0.4) is 0 Å². The van der Waals surface area contributed by atoms with Gasteiger partial charge in [-0.15, -0.1) is 0 Å². The number of alkyl halides is 3. The first-order chi connectivity index (χ1) is 8.64. The molecule has 1 unspecified atom stereocenters. The molecule has 0 spiro atoms. The van der Waals surface area contributed by atoms with Crippen LogP contribution in [0.4, 0.5) is 13.2 Å². The number of benzene rings is 1. The Morgan fingerprint density at radius 3 is 2.53 bits per heavy atom. The van der Waals surface area contributed by atoms with Gasteiger partial charge in [-0.2, -0.15) is 13.2 Å². The average molecular weight is 297 g/mol. The average Bonchev–Trinajstić information content (AvgIpc) is 2.25. The lowest BCUT2D eigenvalue weighted by Gasteiger charge is -2.16. The Balaban J connectivity index is 2.86. The lowest BCUT2D eigenvalue weighted by atomic mass is 10.2. The molecule has 0 radical (unpaired) electrons. The van der Waals surface area contributed by atoms with E-state index in [1.165, 1.54) is 24.3 Å². The third-order valence-electron chi connectivity index (χ3n) is 2.29. The van der Waals surface area contributed by atoms with Crippen molar-refractivity contribution in [3.8, 4) is 0 Å². The van der Waals surface area contributed by atoms with Crippen LogP contribution in [-0.4, -0.2) is 25.7 Å². The van der Waals surface area contributed by atoms with Crippen molar-refractivity contribution >= 4 is 10.0 Å². The second-order valence-electron chi connectivity index (χ2n) is 4.15. The molecule has 8 heteroatoms. The zero-order valence-corrected chi connectivity index (χ0v) is 10.9. The summed E-state index contributed by atoms with van der Waals surface area (Å²) in [6.45, 7) is 0.794. The summed E-state index contributed by atoms with van der Waals surface area (Å²) in [6.07, 6.45) is -5.68. The lowest BCUT2D eigenvalue weighted by molar-refractivity contribution is -0.137. The lowest BCUT2D eigenvalue weighted by Crippen LogP contribution is -2.35. The number of nitrogens with one attached hydrogen (secondary N) is 1. The Bertz CT molecular complexity index is 528. The topological polar surface area (TPSA) is 66.4 Å². The highest BCUT2D eigenvalue weighted by molar-refractivity contribution is 7.89. The predicted octanol–water partition coefficient (Wildman–Crippen LogP) is 1.80. The van der Waals surface area contributed by atoms with Crippen molar-refractivity contribution in [1.82, 2.24) is 4.72 Å². The maximum atomic E-state index is 12.1. The van der Waals surface area contributed by atoms with Crippen LogP contribution < -0.4 is 4.72 Å². The Hall–Kier alpha value is -1.12. The molecule has 19 heavy (non-hydrogen) atoms. The molecule has 0 heterocycles. The minimum atomic E-state index is -4.44. The van der Waals surface area contributed by atoms with Gasteiger partial charge in [-0.25, -0.2) is 13.1 Å². The van der Waals surface area contributed by atoms with E-state index in [2.05, 4.69) is 0 Å². The molecule has 0 bridgehead atoms. The number of hydrogen-bond donors (Lipinski definition) is 2. The maximum absolute atomic E-state index is 12.1. The van der Waals surface area contributed by atoms with Gasteiger partial charge in [0.2, 0.25) is 10.0 Å². The summed E-state index contributed by atoms with van der Waals surface area (Å²) < 4.78 is 62.0. The summed E-state index contributed by atoms with van der Waals surface area (Å²) in [5, 5.41) is 8.90. The SMILES string of the molecule is CC(CC(F)(F)F)NS(=O)(=O)c1cccc(CO)c1. The first-order valence-electron chi connectivity index (χ1n) is 5.43. The fourth-order valence-electron chi connectivity index (χ4n) is 1.53. The van der Waals surface area contributed by atoms with Gasteiger partial charge in [0.05, 0.1) is 17.9 Å². The highest BCUT2D eigenvalue weighted by Gasteiger charge is 2.31. The third kappa shape index (κ3) is 5.17. The second kappa shape index (κ2) is 5.89. The third-order valence-corrected chi connectivity index (χ3v) is 3.87. The molecule has 0 saturated heterocycles. The number of aliphatic hydroxyl groups excluding tert-OH is 1. The van der Waals surface area contributed by atoms with Crippen molar-refractivity contribution in [1.29, 1.82) is 0 Å². The van der Waals surface area contributed by atoms with Crippen molar-refractivity contribution in [2.75, 3.05) is 0 Å². The predicted molar refractivity (Wildman–Crippen MR) is 62.8 cm³/mol. The van der Waals surface area contributed by atoms with Crippen LogP contribution >= 0.6 is 0 Å². The van der Waals surface area contributed by atoms with Gasteiger partial charge in [0.15, 0.2) is 0 Å². The van der Waals surface area contributed by atoms with Crippen molar-refractivity contribution in [3.63, 3.8) is 0 Å². The normalized spacial score (nSPS) is 14.4. The quantitative estimate of drug-likeness (QED) is 0.871. The van der Waals surface area contributed by atoms with Gasteiger partial charge >= 0.3 is 6.18 Å². The Labute approximate surface area is 109 Å². The number of halogens is 3. The molecule has 1 aromatic rings. The number of sulfonamides is 1. The van der Waals surface area contributed by atoms with Crippen molar-refractivity contribution in [3.05, 3.63) is 29.8 Å². The van der Waals surface area contributed by atoms with E-state index in [0.717, 1.165) is 6.92 Å². The molecule has 0 fully saturated rings. The number of rotatable bonds is 5. The smallest absolute Gasteiger partial charge is 0.390 e. The van der Waals surface area contributed by atoms with E-state index in [-0.39, 0.29) is 11.5 Å². The Morgan fingerprint density at radius 1 is 1.37 bits per heavy atom. The van der Waals surface area contributed by atoms with Crippen molar-refractivity contribution < 1.29 is 26.7 Å². The Kier molecular flexibility index (Phi) is 4.94. The van der Waals surface area contributed by atoms with Crippen LogP contribution in [0.5, 0.6) is 0 Å². The highest BCUT2D eigenvalue weighted by Crippen LogP contribution is 2.22. The zero-order valence-electron chi connectivity index (χ0n) is 10.1. The van der Waals surface area contributed by atoms with Gasteiger partial charge in [-0.05, 0) is 24.6 Å². The number of hydrogen-bond acceptors (Lipinski definition) is 3. The van der Waals surface area contributed by atoms with Crippen LogP contribution in [-0.2, 0) is 16.6 Å². The molecule has 0 saturated carbocycles. The first-order valence-corrected chi connectivity index (χ1v) is 6.91. The van der Waals surface area contributed by atoms with Crippen LogP contribution in [0.15, 0.2) is 29.2 Å². The summed E-state index contributed by atoms with van der Waals surface area (Å²) in [7, 11) is -4.03. The molecule has 0 aliphatic heterocycles. The number of aliphatic hydroxyl groups is 1. The molecule has 4 nitrogen and oxygen atoms in total. The van der Waals surface area contributed by atoms with Gasteiger partial charge in [0, 0.05) is 6.04 Å². The summed E-state index contributed by atoms with van der Waals surface area (Å²) in [4.78, 5) is -0.173. The second-order valence-corrected chi connectivity index (χ2v) is 5.86. The minimum Gasteiger partial charge on any atom is -0.392 e. The van der Waals surface area contributed by atoms with Gasteiger partial charge < -0.3 is 5.11 Å². The van der Waals surface area contributed by atoms with E-state index in [0.29, 0.717) is 5.56 Å². The van der Waals surface area contributed by atoms with E-state index in [4.69, 9.17) is 5.11 Å². The van der Waals surface area contributed by atoms with E-state index in [9.17, 15) is 21.6 Å². The van der Waals surface area contributed by atoms with E-state index in [1.807, 2.05) is 4.72 Å². The van der Waals surface area contributed by atoms with Crippen LogP contribution in [0.1, 0.15) is 18.9 Å². The van der Waals surface area contributed by atoms with Crippen LogP contribution in [0, 0.1) is 0 Å². The molecular weight excluding hydrogens is 283 g/mol. The first kappa shape index (κ1) is 15.9. The standard InChI is InChI=1S/C11H14F3NO3S/c1-8(6-11(12,13)14)15-19(17,18)10-4-2-3-9(5-10)7-16/h2-5,8,15-16H,6-7H2,1H3. The molecule has 2 N–H and O–H groups in total. The summed E-state index contributed by atoms with van der Waals surface area (Å²) in [6, 6.07) is 4.12. The highest BCUT2D eigenvalue weighted by atomic mass is 32.2. The summed E-state index contributed by atoms with van der Waals surface area (Å²) in [5.41, 5.74) is 0.367. The molecule has 0 aliphatic carbocycles. The minimum absolute atomic E-state index is 0.173. The summed E-state index contributed by atoms with van der Waals surface area (Å²) >= 11 is 0. The van der Waals surface area contributed by atoms with Gasteiger partial charge in [0.1, 0.15) is 0 Å². The molecule has 108 valence electrons. The Morgan fingerprint density at radius 2 is 2.00 bits per heavy atom. The van der Waals surface area contributed by atoms with Crippen LogP contribution in [0.25, 0.3) is 0 Å². The van der Waals surface area contributed by atoms with Gasteiger partial charge in [-0.1, -0.05) is 12.1 Å². The molecular formula is C11H14F3NO3S. The van der Waals surface area contributed by atoms with E-state index < -0.39 is 28.7 Å². The van der Waals surface area contributed by atoms with Crippen LogP contribution in [0.2, 0.25) is 0 Å². The van der Waals surface area contributed by atoms with E-state index >= 15 is 0 Å². The van der Waals surface area contributed by atoms with E-state index in [1.54, 1.807) is 0 Å². The van der Waals surface area contributed by atoms with Crippen molar-refractivity contribution in [2.45, 2.75) is 37.1 Å².